The molecule has 19 heavy (non-hydrogen) atoms. The average molecular weight is 259 g/mol. The van der Waals surface area contributed by atoms with E-state index in [0.29, 0.717) is 5.69 Å². The van der Waals surface area contributed by atoms with Crippen LogP contribution in [0.1, 0.15) is 22.7 Å². The lowest BCUT2D eigenvalue weighted by Crippen LogP contribution is -2.15. The SMILES string of the molecule is Cc1ccc(C(CO)Nc2ccccc2F)cc1C. The molecule has 2 aromatic carbocycles. The van der Waals surface area contributed by atoms with E-state index in [9.17, 15) is 9.50 Å². The normalized spacial score (nSPS) is 12.2. The number of aliphatic hydroxyl groups excluding tert-OH is 1. The van der Waals surface area contributed by atoms with Crippen molar-refractivity contribution in [3.63, 3.8) is 0 Å². The van der Waals surface area contributed by atoms with Gasteiger partial charge in [-0.25, -0.2) is 4.39 Å². The summed E-state index contributed by atoms with van der Waals surface area (Å²) in [6.07, 6.45) is 0. The number of benzene rings is 2. The standard InChI is InChI=1S/C16H18FNO/c1-11-7-8-13(9-12(11)2)16(10-19)18-15-6-4-3-5-14(15)17/h3-9,16,18-19H,10H2,1-2H3. The van der Waals surface area contributed by atoms with Crippen LogP contribution in [0.15, 0.2) is 42.5 Å². The molecule has 0 bridgehead atoms. The largest absolute Gasteiger partial charge is 0.394 e. The van der Waals surface area contributed by atoms with E-state index in [4.69, 9.17) is 0 Å². The van der Waals surface area contributed by atoms with E-state index >= 15 is 0 Å². The molecule has 0 aliphatic rings. The van der Waals surface area contributed by atoms with Crippen molar-refractivity contribution < 1.29 is 9.50 Å². The van der Waals surface area contributed by atoms with Crippen molar-refractivity contribution >= 4 is 5.69 Å². The third-order valence-electron chi connectivity index (χ3n) is 3.32. The zero-order valence-corrected chi connectivity index (χ0v) is 11.2. The van der Waals surface area contributed by atoms with Crippen LogP contribution in [-0.4, -0.2) is 11.7 Å². The third kappa shape index (κ3) is 3.12. The van der Waals surface area contributed by atoms with Gasteiger partial charge in [0.25, 0.3) is 0 Å². The molecule has 1 unspecified atom stereocenters. The summed E-state index contributed by atoms with van der Waals surface area (Å²) in [6, 6.07) is 12.1. The second-order valence-electron chi connectivity index (χ2n) is 4.70. The fourth-order valence-electron chi connectivity index (χ4n) is 1.98. The second-order valence-corrected chi connectivity index (χ2v) is 4.70. The summed E-state index contributed by atoms with van der Waals surface area (Å²) in [5.41, 5.74) is 3.71. The average Bonchev–Trinajstić information content (AvgIpc) is 2.41. The Balaban J connectivity index is 2.25. The van der Waals surface area contributed by atoms with E-state index in [1.54, 1.807) is 18.2 Å². The minimum atomic E-state index is -0.315. The predicted octanol–water partition coefficient (Wildman–Crippen LogP) is 3.59. The first-order valence-corrected chi connectivity index (χ1v) is 6.31. The lowest BCUT2D eigenvalue weighted by molar-refractivity contribution is 0.276. The highest BCUT2D eigenvalue weighted by atomic mass is 19.1. The molecule has 0 saturated heterocycles. The number of aliphatic hydroxyl groups is 1. The van der Waals surface area contributed by atoms with Gasteiger partial charge in [0.2, 0.25) is 0 Å². The third-order valence-corrected chi connectivity index (χ3v) is 3.32. The molecule has 0 amide bonds. The lowest BCUT2D eigenvalue weighted by atomic mass is 10.0. The molecule has 2 rings (SSSR count). The van der Waals surface area contributed by atoms with E-state index in [0.717, 1.165) is 11.1 Å². The maximum atomic E-state index is 13.6. The Labute approximate surface area is 112 Å². The molecule has 2 aromatic rings. The fraction of sp³-hybridized carbons (Fsp3) is 0.250. The minimum absolute atomic E-state index is 0.0865. The molecule has 0 fully saturated rings. The molecule has 2 nitrogen and oxygen atoms in total. The summed E-state index contributed by atoms with van der Waals surface area (Å²) in [7, 11) is 0. The smallest absolute Gasteiger partial charge is 0.146 e. The van der Waals surface area contributed by atoms with E-state index in [1.165, 1.54) is 11.6 Å². The first kappa shape index (κ1) is 13.6. The zero-order chi connectivity index (χ0) is 13.8. The monoisotopic (exact) mass is 259 g/mol. The number of anilines is 1. The number of aryl methyl sites for hydroxylation is 2. The Morgan fingerprint density at radius 1 is 1.11 bits per heavy atom. The van der Waals surface area contributed by atoms with E-state index in [-0.39, 0.29) is 18.5 Å². The van der Waals surface area contributed by atoms with E-state index < -0.39 is 0 Å². The molecule has 0 spiro atoms. The van der Waals surface area contributed by atoms with Crippen LogP contribution in [0.3, 0.4) is 0 Å². The van der Waals surface area contributed by atoms with Crippen molar-refractivity contribution in [1.29, 1.82) is 0 Å². The number of nitrogens with one attached hydrogen (secondary N) is 1. The number of para-hydroxylation sites is 1. The van der Waals surface area contributed by atoms with Crippen molar-refractivity contribution in [2.45, 2.75) is 19.9 Å². The summed E-state index contributed by atoms with van der Waals surface area (Å²) in [4.78, 5) is 0. The first-order valence-electron chi connectivity index (χ1n) is 6.31. The molecule has 1 atom stereocenters. The summed E-state index contributed by atoms with van der Waals surface area (Å²) in [6.45, 7) is 3.98. The first-order chi connectivity index (χ1) is 9.11. The van der Waals surface area contributed by atoms with Gasteiger partial charge in [-0.2, -0.15) is 0 Å². The zero-order valence-electron chi connectivity index (χ0n) is 11.2. The molecule has 3 heteroatoms. The van der Waals surface area contributed by atoms with Crippen LogP contribution in [0.2, 0.25) is 0 Å². The van der Waals surface area contributed by atoms with Crippen LogP contribution in [0.5, 0.6) is 0 Å². The number of hydrogen-bond acceptors (Lipinski definition) is 2. The van der Waals surface area contributed by atoms with Crippen LogP contribution in [0.4, 0.5) is 10.1 Å². The summed E-state index contributed by atoms with van der Waals surface area (Å²) < 4.78 is 13.6. The Bertz CT molecular complexity index is 568. The number of hydrogen-bond donors (Lipinski definition) is 2. The Kier molecular flexibility index (Phi) is 4.17. The van der Waals surface area contributed by atoms with Crippen molar-refractivity contribution in [1.82, 2.24) is 0 Å². The summed E-state index contributed by atoms with van der Waals surface area (Å²) in [5.74, 6) is -0.315. The van der Waals surface area contributed by atoms with Gasteiger partial charge in [-0.1, -0.05) is 30.3 Å². The number of halogens is 1. The molecule has 2 N–H and O–H groups in total. The highest BCUT2D eigenvalue weighted by molar-refractivity contribution is 5.47. The van der Waals surface area contributed by atoms with Gasteiger partial charge < -0.3 is 10.4 Å². The highest BCUT2D eigenvalue weighted by Crippen LogP contribution is 2.23. The Morgan fingerprint density at radius 3 is 2.47 bits per heavy atom. The van der Waals surface area contributed by atoms with Crippen LogP contribution < -0.4 is 5.32 Å². The van der Waals surface area contributed by atoms with Crippen LogP contribution in [-0.2, 0) is 0 Å². The highest BCUT2D eigenvalue weighted by Gasteiger charge is 2.12. The van der Waals surface area contributed by atoms with Gasteiger partial charge in [-0.3, -0.25) is 0 Å². The Morgan fingerprint density at radius 2 is 1.84 bits per heavy atom. The quantitative estimate of drug-likeness (QED) is 0.879. The van der Waals surface area contributed by atoms with Gasteiger partial charge in [0.05, 0.1) is 18.3 Å². The molecule has 0 radical (unpaired) electrons. The molecule has 0 aliphatic heterocycles. The van der Waals surface area contributed by atoms with Crippen molar-refractivity contribution in [3.05, 3.63) is 65.0 Å². The molecule has 0 heterocycles. The molecule has 0 aromatic heterocycles. The minimum Gasteiger partial charge on any atom is -0.394 e. The van der Waals surface area contributed by atoms with Crippen LogP contribution >= 0.6 is 0 Å². The summed E-state index contributed by atoms with van der Waals surface area (Å²) in [5, 5.41) is 12.5. The molecule has 0 saturated carbocycles. The van der Waals surface area contributed by atoms with Gasteiger partial charge >= 0.3 is 0 Å². The molecule has 0 aliphatic carbocycles. The van der Waals surface area contributed by atoms with Gasteiger partial charge in [0, 0.05) is 0 Å². The van der Waals surface area contributed by atoms with E-state index in [2.05, 4.69) is 5.32 Å². The van der Waals surface area contributed by atoms with Gasteiger partial charge in [0.1, 0.15) is 5.82 Å². The maximum Gasteiger partial charge on any atom is 0.146 e. The topological polar surface area (TPSA) is 32.3 Å². The van der Waals surface area contributed by atoms with Crippen LogP contribution in [0.25, 0.3) is 0 Å². The van der Waals surface area contributed by atoms with Crippen molar-refractivity contribution in [2.24, 2.45) is 0 Å². The van der Waals surface area contributed by atoms with Crippen molar-refractivity contribution in [3.8, 4) is 0 Å². The molecular formula is C16H18FNO. The predicted molar refractivity (Wildman–Crippen MR) is 75.8 cm³/mol. The van der Waals surface area contributed by atoms with Gasteiger partial charge in [0.15, 0.2) is 0 Å². The van der Waals surface area contributed by atoms with Gasteiger partial charge in [-0.15, -0.1) is 0 Å². The second kappa shape index (κ2) is 5.85. The van der Waals surface area contributed by atoms with Crippen molar-refractivity contribution in [2.75, 3.05) is 11.9 Å². The summed E-state index contributed by atoms with van der Waals surface area (Å²) >= 11 is 0. The maximum absolute atomic E-state index is 13.6. The molecular weight excluding hydrogens is 241 g/mol. The molecule has 100 valence electrons. The Hall–Kier alpha value is -1.87. The van der Waals surface area contributed by atoms with Crippen LogP contribution in [0, 0.1) is 19.7 Å². The lowest BCUT2D eigenvalue weighted by Gasteiger charge is -2.19. The number of rotatable bonds is 4. The van der Waals surface area contributed by atoms with Gasteiger partial charge in [-0.05, 0) is 42.7 Å². The fourth-order valence-corrected chi connectivity index (χ4v) is 1.98. The van der Waals surface area contributed by atoms with E-state index in [1.807, 2.05) is 32.0 Å².